The molecule has 7 heteroatoms. The van der Waals surface area contributed by atoms with Gasteiger partial charge in [-0.3, -0.25) is 9.59 Å². The second kappa shape index (κ2) is 5.67. The van der Waals surface area contributed by atoms with Crippen molar-refractivity contribution in [2.45, 2.75) is 18.9 Å². The van der Waals surface area contributed by atoms with E-state index >= 15 is 0 Å². The lowest BCUT2D eigenvalue weighted by Crippen LogP contribution is -2.48. The van der Waals surface area contributed by atoms with Gasteiger partial charge in [-0.15, -0.1) is 0 Å². The molecule has 2 aromatic rings. The summed E-state index contributed by atoms with van der Waals surface area (Å²) >= 11 is 0. The van der Waals surface area contributed by atoms with Gasteiger partial charge in [0, 0.05) is 30.0 Å². The summed E-state index contributed by atoms with van der Waals surface area (Å²) in [6, 6.07) is 9.42. The number of piperidine rings is 1. The van der Waals surface area contributed by atoms with Gasteiger partial charge in [0.15, 0.2) is 6.61 Å². The highest BCUT2D eigenvalue weighted by Gasteiger charge is 2.39. The number of carbonyl (C=O) groups is 3. The van der Waals surface area contributed by atoms with E-state index in [4.69, 9.17) is 4.74 Å². The first-order chi connectivity index (χ1) is 11.6. The minimum Gasteiger partial charge on any atom is -0.439 e. The highest BCUT2D eigenvalue weighted by atomic mass is 16.6. The SMILES string of the molecule is O=C(c1cc2ccccc2[nH]1)N1CCC(N2C(=O)COC2=O)CC1. The second-order valence-corrected chi connectivity index (χ2v) is 6.11. The molecule has 7 nitrogen and oxygen atoms in total. The first-order valence-corrected chi connectivity index (χ1v) is 7.99. The molecule has 0 saturated carbocycles. The number of ether oxygens (including phenoxy) is 1. The normalized spacial score (nSPS) is 19.2. The van der Waals surface area contributed by atoms with Crippen LogP contribution in [0.15, 0.2) is 30.3 Å². The number of rotatable bonds is 2. The fourth-order valence-electron chi connectivity index (χ4n) is 3.40. The van der Waals surface area contributed by atoms with Crippen LogP contribution in [0.1, 0.15) is 23.3 Å². The minimum atomic E-state index is -0.569. The van der Waals surface area contributed by atoms with Crippen LogP contribution in [0.5, 0.6) is 0 Å². The number of H-pyrrole nitrogens is 1. The Bertz CT molecular complexity index is 771. The smallest absolute Gasteiger partial charge is 0.417 e. The maximum Gasteiger partial charge on any atom is 0.417 e. The Morgan fingerprint density at radius 2 is 1.92 bits per heavy atom. The number of aromatic amines is 1. The molecule has 2 aliphatic heterocycles. The molecule has 24 heavy (non-hydrogen) atoms. The molecular weight excluding hydrogens is 310 g/mol. The molecule has 1 aromatic carbocycles. The van der Waals surface area contributed by atoms with Gasteiger partial charge in [0.1, 0.15) is 5.69 Å². The number of cyclic esters (lactones) is 1. The number of likely N-dealkylation sites (tertiary alicyclic amines) is 1. The van der Waals surface area contributed by atoms with Gasteiger partial charge in [-0.25, -0.2) is 9.69 Å². The molecule has 2 saturated heterocycles. The minimum absolute atomic E-state index is 0.0556. The molecule has 0 spiro atoms. The fourth-order valence-corrected chi connectivity index (χ4v) is 3.40. The number of para-hydroxylation sites is 1. The standard InChI is InChI=1S/C17H17N3O4/c21-15-10-24-17(23)20(15)12-5-7-19(8-6-12)16(22)14-9-11-3-1-2-4-13(11)18-14/h1-4,9,12,18H,5-8,10H2. The van der Waals surface area contributed by atoms with Gasteiger partial charge in [-0.2, -0.15) is 0 Å². The number of hydrogen-bond donors (Lipinski definition) is 1. The molecule has 124 valence electrons. The van der Waals surface area contributed by atoms with Crippen molar-refractivity contribution in [1.82, 2.24) is 14.8 Å². The summed E-state index contributed by atoms with van der Waals surface area (Å²) < 4.78 is 4.76. The van der Waals surface area contributed by atoms with E-state index in [0.29, 0.717) is 31.6 Å². The summed E-state index contributed by atoms with van der Waals surface area (Å²) in [5.74, 6) is -0.347. The number of nitrogens with one attached hydrogen (secondary N) is 1. The zero-order chi connectivity index (χ0) is 16.7. The first kappa shape index (κ1) is 14.7. The predicted octanol–water partition coefficient (Wildman–Crippen LogP) is 1.75. The number of nitrogens with zero attached hydrogens (tertiary/aromatic N) is 2. The molecule has 0 radical (unpaired) electrons. The Hall–Kier alpha value is -2.83. The van der Waals surface area contributed by atoms with Crippen LogP contribution in [-0.4, -0.2) is 58.4 Å². The van der Waals surface area contributed by atoms with Crippen molar-refractivity contribution in [1.29, 1.82) is 0 Å². The summed E-state index contributed by atoms with van der Waals surface area (Å²) in [5, 5.41) is 1.00. The van der Waals surface area contributed by atoms with E-state index < -0.39 is 6.09 Å². The van der Waals surface area contributed by atoms with Crippen molar-refractivity contribution in [3.63, 3.8) is 0 Å². The molecule has 0 unspecified atom stereocenters. The van der Waals surface area contributed by atoms with Crippen LogP contribution in [0.2, 0.25) is 0 Å². The highest BCUT2D eigenvalue weighted by molar-refractivity contribution is 5.99. The Kier molecular flexibility index (Phi) is 3.48. The van der Waals surface area contributed by atoms with Crippen LogP contribution in [0.25, 0.3) is 10.9 Å². The molecule has 4 rings (SSSR count). The molecular formula is C17H17N3O4. The van der Waals surface area contributed by atoms with Crippen molar-refractivity contribution in [2.24, 2.45) is 0 Å². The monoisotopic (exact) mass is 327 g/mol. The first-order valence-electron chi connectivity index (χ1n) is 7.99. The molecule has 1 aromatic heterocycles. The lowest BCUT2D eigenvalue weighted by Gasteiger charge is -2.34. The van der Waals surface area contributed by atoms with E-state index in [2.05, 4.69) is 4.98 Å². The number of carbonyl (C=O) groups excluding carboxylic acids is 3. The second-order valence-electron chi connectivity index (χ2n) is 6.11. The number of aromatic nitrogens is 1. The van der Waals surface area contributed by atoms with Gasteiger partial charge in [0.25, 0.3) is 11.8 Å². The largest absolute Gasteiger partial charge is 0.439 e. The van der Waals surface area contributed by atoms with Crippen molar-refractivity contribution in [3.05, 3.63) is 36.0 Å². The Morgan fingerprint density at radius 3 is 2.58 bits per heavy atom. The lowest BCUT2D eigenvalue weighted by atomic mass is 10.0. The maximum atomic E-state index is 12.6. The maximum absolute atomic E-state index is 12.6. The summed E-state index contributed by atoms with van der Waals surface area (Å²) in [4.78, 5) is 42.1. The third kappa shape index (κ3) is 2.42. The van der Waals surface area contributed by atoms with Crippen LogP contribution in [-0.2, 0) is 9.53 Å². The predicted molar refractivity (Wildman–Crippen MR) is 85.4 cm³/mol. The van der Waals surface area contributed by atoms with Crippen LogP contribution >= 0.6 is 0 Å². The van der Waals surface area contributed by atoms with E-state index in [1.165, 1.54) is 4.90 Å². The molecule has 3 heterocycles. The van der Waals surface area contributed by atoms with Gasteiger partial charge in [-0.1, -0.05) is 18.2 Å². The Morgan fingerprint density at radius 1 is 1.17 bits per heavy atom. The fraction of sp³-hybridized carbons (Fsp3) is 0.353. The summed E-state index contributed by atoms with van der Waals surface area (Å²) in [5.41, 5.74) is 1.49. The number of amides is 3. The molecule has 0 aliphatic carbocycles. The number of benzene rings is 1. The third-order valence-corrected chi connectivity index (χ3v) is 4.66. The molecule has 3 amide bonds. The Balaban J connectivity index is 1.44. The summed E-state index contributed by atoms with van der Waals surface area (Å²) in [7, 11) is 0. The zero-order valence-corrected chi connectivity index (χ0v) is 13.0. The zero-order valence-electron chi connectivity index (χ0n) is 13.0. The average Bonchev–Trinajstić information content (AvgIpc) is 3.18. The highest BCUT2D eigenvalue weighted by Crippen LogP contribution is 2.23. The number of fused-ring (bicyclic) bond motifs is 1. The molecule has 2 fully saturated rings. The van der Waals surface area contributed by atoms with Gasteiger partial charge in [0.05, 0.1) is 0 Å². The van der Waals surface area contributed by atoms with E-state index in [0.717, 1.165) is 10.9 Å². The van der Waals surface area contributed by atoms with E-state index in [1.807, 2.05) is 30.3 Å². The number of hydrogen-bond acceptors (Lipinski definition) is 4. The number of imide groups is 1. The van der Waals surface area contributed by atoms with E-state index in [1.54, 1.807) is 4.90 Å². The average molecular weight is 327 g/mol. The molecule has 0 bridgehead atoms. The van der Waals surface area contributed by atoms with Gasteiger partial charge >= 0.3 is 6.09 Å². The summed E-state index contributed by atoms with van der Waals surface area (Å²) in [6.45, 7) is 0.846. The third-order valence-electron chi connectivity index (χ3n) is 4.66. The lowest BCUT2D eigenvalue weighted by molar-refractivity contribution is -0.127. The van der Waals surface area contributed by atoms with Gasteiger partial charge in [-0.05, 0) is 25.0 Å². The van der Waals surface area contributed by atoms with Crippen molar-refractivity contribution >= 4 is 28.8 Å². The van der Waals surface area contributed by atoms with Crippen LogP contribution in [0.3, 0.4) is 0 Å². The van der Waals surface area contributed by atoms with Crippen LogP contribution in [0, 0.1) is 0 Å². The quantitative estimate of drug-likeness (QED) is 0.911. The van der Waals surface area contributed by atoms with Crippen molar-refractivity contribution in [3.8, 4) is 0 Å². The van der Waals surface area contributed by atoms with Crippen LogP contribution in [0.4, 0.5) is 4.79 Å². The van der Waals surface area contributed by atoms with Gasteiger partial charge in [0.2, 0.25) is 0 Å². The van der Waals surface area contributed by atoms with Gasteiger partial charge < -0.3 is 14.6 Å². The summed E-state index contributed by atoms with van der Waals surface area (Å²) in [6.07, 6.45) is 0.583. The topological polar surface area (TPSA) is 82.7 Å². The van der Waals surface area contributed by atoms with Crippen LogP contribution < -0.4 is 0 Å². The molecule has 0 atom stereocenters. The van der Waals surface area contributed by atoms with Crippen molar-refractivity contribution in [2.75, 3.05) is 19.7 Å². The molecule has 2 aliphatic rings. The van der Waals surface area contributed by atoms with Crippen molar-refractivity contribution < 1.29 is 19.1 Å². The van der Waals surface area contributed by atoms with E-state index in [-0.39, 0.29) is 24.5 Å². The van der Waals surface area contributed by atoms with E-state index in [9.17, 15) is 14.4 Å². The Labute approximate surface area is 138 Å². The molecule has 1 N–H and O–H groups in total.